The number of hydrogen-bond acceptors (Lipinski definition) is 5. The third kappa shape index (κ3) is 3.77. The fraction of sp³-hybridized carbons (Fsp3) is 0.316. The molecule has 0 aliphatic carbocycles. The molecule has 0 aromatic heterocycles. The largest absolute Gasteiger partial charge is 0.497 e. The zero-order valence-corrected chi connectivity index (χ0v) is 14.3. The molecular formula is C19H20FN3O2. The maximum atomic E-state index is 13.3. The van der Waals surface area contributed by atoms with Crippen LogP contribution < -0.4 is 19.7 Å². The lowest BCUT2D eigenvalue weighted by molar-refractivity contribution is 0.394. The molecule has 1 saturated heterocycles. The van der Waals surface area contributed by atoms with Gasteiger partial charge in [0.15, 0.2) is 0 Å². The molecule has 0 radical (unpaired) electrons. The van der Waals surface area contributed by atoms with Crippen molar-refractivity contribution in [2.24, 2.45) is 0 Å². The molecule has 5 nitrogen and oxygen atoms in total. The quantitative estimate of drug-likeness (QED) is 0.903. The Hall–Kier alpha value is -2.94. The van der Waals surface area contributed by atoms with E-state index in [0.717, 1.165) is 36.7 Å². The molecule has 1 aliphatic rings. The van der Waals surface area contributed by atoms with E-state index < -0.39 is 5.82 Å². The van der Waals surface area contributed by atoms with Gasteiger partial charge in [0.05, 0.1) is 25.5 Å². The first-order chi connectivity index (χ1) is 12.1. The molecule has 1 heterocycles. The van der Waals surface area contributed by atoms with Gasteiger partial charge in [-0.3, -0.25) is 0 Å². The zero-order chi connectivity index (χ0) is 17.8. The summed E-state index contributed by atoms with van der Waals surface area (Å²) in [6.07, 6.45) is 0.918. The van der Waals surface area contributed by atoms with E-state index in [9.17, 15) is 4.39 Å². The topological polar surface area (TPSA) is 57.5 Å². The van der Waals surface area contributed by atoms with Crippen molar-refractivity contribution < 1.29 is 13.9 Å². The van der Waals surface area contributed by atoms with Crippen LogP contribution in [0.4, 0.5) is 15.8 Å². The molecule has 3 rings (SSSR count). The fourth-order valence-corrected chi connectivity index (χ4v) is 3.04. The Bertz CT molecular complexity index is 781. The predicted octanol–water partition coefficient (Wildman–Crippen LogP) is 3.41. The van der Waals surface area contributed by atoms with Gasteiger partial charge in [0, 0.05) is 43.0 Å². The summed E-state index contributed by atoms with van der Waals surface area (Å²) in [4.78, 5) is 2.23. The minimum atomic E-state index is -0.404. The minimum absolute atomic E-state index is 0.176. The van der Waals surface area contributed by atoms with Gasteiger partial charge in [0.25, 0.3) is 0 Å². The van der Waals surface area contributed by atoms with E-state index in [1.54, 1.807) is 20.3 Å². The van der Waals surface area contributed by atoms with E-state index in [2.05, 4.69) is 10.2 Å². The predicted molar refractivity (Wildman–Crippen MR) is 94.9 cm³/mol. The van der Waals surface area contributed by atoms with Gasteiger partial charge < -0.3 is 19.7 Å². The number of nitrogens with zero attached hydrogens (tertiary/aromatic N) is 2. The van der Waals surface area contributed by atoms with Gasteiger partial charge in [-0.1, -0.05) is 0 Å². The van der Waals surface area contributed by atoms with Gasteiger partial charge in [-0.15, -0.1) is 0 Å². The monoisotopic (exact) mass is 341 g/mol. The molecule has 1 atom stereocenters. The van der Waals surface area contributed by atoms with Crippen LogP contribution in [0.1, 0.15) is 12.0 Å². The number of ether oxygens (including phenoxy) is 2. The molecule has 130 valence electrons. The van der Waals surface area contributed by atoms with Gasteiger partial charge in [0.2, 0.25) is 0 Å². The number of benzene rings is 2. The highest BCUT2D eigenvalue weighted by Crippen LogP contribution is 2.31. The maximum absolute atomic E-state index is 13.3. The summed E-state index contributed by atoms with van der Waals surface area (Å²) in [5.74, 6) is 1.09. The molecule has 1 unspecified atom stereocenters. The number of anilines is 2. The summed E-state index contributed by atoms with van der Waals surface area (Å²) in [6, 6.07) is 12.2. The average Bonchev–Trinajstić information content (AvgIpc) is 3.11. The maximum Gasteiger partial charge on any atom is 0.124 e. The van der Waals surface area contributed by atoms with Gasteiger partial charge in [0.1, 0.15) is 23.4 Å². The van der Waals surface area contributed by atoms with Crippen LogP contribution in [0.25, 0.3) is 0 Å². The standard InChI is InChI=1S/C19H20FN3O2/c1-24-17-8-16(9-18(10-17)25-2)23-6-5-15(12-23)22-19-4-3-14(20)7-13(19)11-21/h3-4,7-10,15,22H,5-6,12H2,1-2H3. The molecule has 6 heteroatoms. The van der Waals surface area contributed by atoms with E-state index in [1.807, 2.05) is 24.3 Å². The van der Waals surface area contributed by atoms with Gasteiger partial charge in [-0.25, -0.2) is 4.39 Å². The average molecular weight is 341 g/mol. The smallest absolute Gasteiger partial charge is 0.124 e. The number of hydrogen-bond donors (Lipinski definition) is 1. The SMILES string of the molecule is COc1cc(OC)cc(N2CCC(Nc3ccc(F)cc3C#N)C2)c1. The first kappa shape index (κ1) is 16.9. The highest BCUT2D eigenvalue weighted by atomic mass is 19.1. The van der Waals surface area contributed by atoms with Crippen LogP contribution in [-0.4, -0.2) is 33.4 Å². The molecular weight excluding hydrogens is 321 g/mol. The summed E-state index contributed by atoms with van der Waals surface area (Å²) in [5, 5.41) is 12.5. The molecule has 0 saturated carbocycles. The van der Waals surface area contributed by atoms with Crippen LogP contribution in [0.3, 0.4) is 0 Å². The molecule has 2 aromatic carbocycles. The first-order valence-electron chi connectivity index (χ1n) is 8.07. The van der Waals surface area contributed by atoms with Gasteiger partial charge in [-0.05, 0) is 24.6 Å². The van der Waals surface area contributed by atoms with Crippen molar-refractivity contribution >= 4 is 11.4 Å². The van der Waals surface area contributed by atoms with E-state index in [0.29, 0.717) is 11.3 Å². The molecule has 0 amide bonds. The Labute approximate surface area is 146 Å². The first-order valence-corrected chi connectivity index (χ1v) is 8.07. The van der Waals surface area contributed by atoms with Gasteiger partial charge in [-0.2, -0.15) is 5.26 Å². The van der Waals surface area contributed by atoms with Crippen LogP contribution in [0.15, 0.2) is 36.4 Å². The summed E-state index contributed by atoms with van der Waals surface area (Å²) in [6.45, 7) is 1.65. The van der Waals surface area contributed by atoms with Crippen LogP contribution in [-0.2, 0) is 0 Å². The summed E-state index contributed by atoms with van der Waals surface area (Å²) >= 11 is 0. The molecule has 1 N–H and O–H groups in total. The number of nitriles is 1. The van der Waals surface area contributed by atoms with Crippen LogP contribution in [0.2, 0.25) is 0 Å². The fourth-order valence-electron chi connectivity index (χ4n) is 3.04. The van der Waals surface area contributed by atoms with Crippen molar-refractivity contribution in [1.82, 2.24) is 0 Å². The zero-order valence-electron chi connectivity index (χ0n) is 14.3. The third-order valence-electron chi connectivity index (χ3n) is 4.35. The van der Waals surface area contributed by atoms with Crippen molar-refractivity contribution in [3.05, 3.63) is 47.8 Å². The Kier molecular flexibility index (Phi) is 4.94. The summed E-state index contributed by atoms with van der Waals surface area (Å²) < 4.78 is 23.9. The molecule has 1 fully saturated rings. The second-order valence-electron chi connectivity index (χ2n) is 5.95. The van der Waals surface area contributed by atoms with Crippen molar-refractivity contribution in [3.63, 3.8) is 0 Å². The lowest BCUT2D eigenvalue weighted by atomic mass is 10.1. The molecule has 2 aromatic rings. The van der Waals surface area contributed by atoms with E-state index in [-0.39, 0.29) is 6.04 Å². The molecule has 0 spiro atoms. The number of methoxy groups -OCH3 is 2. The lowest BCUT2D eigenvalue weighted by Gasteiger charge is -2.21. The number of nitrogens with one attached hydrogen (secondary N) is 1. The second-order valence-corrected chi connectivity index (χ2v) is 5.95. The van der Waals surface area contributed by atoms with Gasteiger partial charge >= 0.3 is 0 Å². The van der Waals surface area contributed by atoms with E-state index in [1.165, 1.54) is 12.1 Å². The Morgan fingerprint density at radius 3 is 2.52 bits per heavy atom. The Morgan fingerprint density at radius 1 is 1.16 bits per heavy atom. The lowest BCUT2D eigenvalue weighted by Crippen LogP contribution is -2.26. The van der Waals surface area contributed by atoms with Crippen LogP contribution in [0.5, 0.6) is 11.5 Å². The van der Waals surface area contributed by atoms with Crippen LogP contribution >= 0.6 is 0 Å². The normalized spacial score (nSPS) is 16.4. The van der Waals surface area contributed by atoms with Crippen LogP contribution in [0, 0.1) is 17.1 Å². The summed E-state index contributed by atoms with van der Waals surface area (Å²) in [7, 11) is 3.26. The van der Waals surface area contributed by atoms with E-state index >= 15 is 0 Å². The Balaban J connectivity index is 1.73. The molecule has 0 bridgehead atoms. The second kappa shape index (κ2) is 7.31. The highest BCUT2D eigenvalue weighted by Gasteiger charge is 2.24. The van der Waals surface area contributed by atoms with Crippen molar-refractivity contribution in [1.29, 1.82) is 5.26 Å². The number of halogens is 1. The molecule has 25 heavy (non-hydrogen) atoms. The number of rotatable bonds is 5. The van der Waals surface area contributed by atoms with Crippen molar-refractivity contribution in [2.45, 2.75) is 12.5 Å². The summed E-state index contributed by atoms with van der Waals surface area (Å²) in [5.41, 5.74) is 2.01. The third-order valence-corrected chi connectivity index (χ3v) is 4.35. The van der Waals surface area contributed by atoms with E-state index in [4.69, 9.17) is 14.7 Å². The Morgan fingerprint density at radius 2 is 1.88 bits per heavy atom. The van der Waals surface area contributed by atoms with Crippen molar-refractivity contribution in [3.8, 4) is 17.6 Å². The van der Waals surface area contributed by atoms with Crippen molar-refractivity contribution in [2.75, 3.05) is 37.5 Å². The minimum Gasteiger partial charge on any atom is -0.497 e. The highest BCUT2D eigenvalue weighted by molar-refractivity contribution is 5.60. The molecule has 1 aliphatic heterocycles.